The summed E-state index contributed by atoms with van der Waals surface area (Å²) in [7, 11) is 0. The molecule has 1 aliphatic heterocycles. The van der Waals surface area contributed by atoms with E-state index in [1.165, 1.54) is 12.2 Å². The summed E-state index contributed by atoms with van der Waals surface area (Å²) in [5.41, 5.74) is 8.10. The Morgan fingerprint density at radius 2 is 2.24 bits per heavy atom. The molecule has 2 aromatic rings. The van der Waals surface area contributed by atoms with Gasteiger partial charge in [0.25, 0.3) is 6.01 Å². The third-order valence-corrected chi connectivity index (χ3v) is 3.94. The van der Waals surface area contributed by atoms with Gasteiger partial charge in [0.05, 0.1) is 0 Å². The van der Waals surface area contributed by atoms with Gasteiger partial charge in [0, 0.05) is 30.6 Å². The number of hydrogen-bond donors (Lipinski definition) is 1. The van der Waals surface area contributed by atoms with E-state index in [0.29, 0.717) is 5.69 Å². The summed E-state index contributed by atoms with van der Waals surface area (Å²) in [5.74, 6) is 2.37. The number of hydrogen-bond acceptors (Lipinski definition) is 5. The lowest BCUT2D eigenvalue weighted by Gasteiger charge is -2.16. The van der Waals surface area contributed by atoms with E-state index in [2.05, 4.69) is 9.88 Å². The average Bonchev–Trinajstić information content (AvgIpc) is 2.57. The topological polar surface area (TPSA) is 55.3 Å². The van der Waals surface area contributed by atoms with Crippen molar-refractivity contribution in [3.63, 3.8) is 0 Å². The van der Waals surface area contributed by atoms with Gasteiger partial charge in [-0.3, -0.25) is 0 Å². The predicted molar refractivity (Wildman–Crippen MR) is 72.6 cm³/mol. The van der Waals surface area contributed by atoms with Crippen molar-refractivity contribution in [1.82, 2.24) is 4.98 Å². The van der Waals surface area contributed by atoms with Crippen LogP contribution in [0.25, 0.3) is 11.1 Å². The molecule has 5 heteroatoms. The molecule has 0 spiro atoms. The number of thioether (sulfide) groups is 1. The van der Waals surface area contributed by atoms with Crippen molar-refractivity contribution < 1.29 is 4.42 Å². The molecule has 1 fully saturated rings. The zero-order valence-electron chi connectivity index (χ0n) is 9.56. The van der Waals surface area contributed by atoms with Crippen LogP contribution < -0.4 is 10.6 Å². The minimum Gasteiger partial charge on any atom is -0.423 e. The summed E-state index contributed by atoms with van der Waals surface area (Å²) < 4.78 is 5.77. The van der Waals surface area contributed by atoms with Crippen LogP contribution in [-0.2, 0) is 0 Å². The second kappa shape index (κ2) is 4.49. The molecule has 0 saturated carbocycles. The van der Waals surface area contributed by atoms with Gasteiger partial charge in [-0.1, -0.05) is 0 Å². The van der Waals surface area contributed by atoms with E-state index in [-0.39, 0.29) is 0 Å². The molecule has 1 aromatic heterocycles. The maximum Gasteiger partial charge on any atom is 0.298 e. The Labute approximate surface area is 104 Å². The largest absolute Gasteiger partial charge is 0.423 e. The molecule has 0 bridgehead atoms. The highest BCUT2D eigenvalue weighted by Gasteiger charge is 2.15. The Hall–Kier alpha value is -1.36. The highest BCUT2D eigenvalue weighted by molar-refractivity contribution is 7.99. The van der Waals surface area contributed by atoms with Crippen molar-refractivity contribution in [3.8, 4) is 0 Å². The highest BCUT2D eigenvalue weighted by atomic mass is 32.2. The average molecular weight is 249 g/mol. The quantitative estimate of drug-likeness (QED) is 0.786. The van der Waals surface area contributed by atoms with Crippen molar-refractivity contribution in [2.45, 2.75) is 6.42 Å². The van der Waals surface area contributed by atoms with E-state index in [4.69, 9.17) is 10.2 Å². The molecule has 0 aliphatic carbocycles. The minimum absolute atomic E-state index is 0.714. The van der Waals surface area contributed by atoms with E-state index < -0.39 is 0 Å². The van der Waals surface area contributed by atoms with E-state index in [0.717, 1.165) is 36.0 Å². The van der Waals surface area contributed by atoms with Gasteiger partial charge < -0.3 is 15.1 Å². The van der Waals surface area contributed by atoms with Gasteiger partial charge in [0.15, 0.2) is 5.58 Å². The molecule has 1 saturated heterocycles. The van der Waals surface area contributed by atoms with Crippen LogP contribution in [0.2, 0.25) is 0 Å². The summed E-state index contributed by atoms with van der Waals surface area (Å²) in [6.07, 6.45) is 1.19. The van der Waals surface area contributed by atoms with Crippen LogP contribution in [0.1, 0.15) is 6.42 Å². The summed E-state index contributed by atoms with van der Waals surface area (Å²) in [4.78, 5) is 6.73. The number of fused-ring (bicyclic) bond motifs is 1. The molecule has 2 heterocycles. The number of nitrogens with two attached hydrogens (primary N) is 1. The van der Waals surface area contributed by atoms with Gasteiger partial charge in [-0.2, -0.15) is 16.7 Å². The maximum absolute atomic E-state index is 5.77. The van der Waals surface area contributed by atoms with E-state index in [1.807, 2.05) is 30.0 Å². The third-order valence-electron chi connectivity index (χ3n) is 2.89. The second-order valence-electron chi connectivity index (χ2n) is 4.18. The Kier molecular flexibility index (Phi) is 2.84. The van der Waals surface area contributed by atoms with Crippen LogP contribution in [0, 0.1) is 0 Å². The molecular formula is C12H15N3OS. The van der Waals surface area contributed by atoms with Crippen LogP contribution in [0.5, 0.6) is 0 Å². The van der Waals surface area contributed by atoms with Crippen LogP contribution in [0.3, 0.4) is 0 Å². The number of rotatable bonds is 1. The lowest BCUT2D eigenvalue weighted by atomic mass is 10.3. The molecule has 2 N–H and O–H groups in total. The standard InChI is InChI=1S/C12H15N3OS/c13-9-2-3-10-11(8-9)16-12(14-10)15-4-1-6-17-7-5-15/h2-3,8H,1,4-7,13H2. The molecular weight excluding hydrogens is 234 g/mol. The van der Waals surface area contributed by atoms with Crippen molar-refractivity contribution in [2.24, 2.45) is 0 Å². The van der Waals surface area contributed by atoms with Crippen molar-refractivity contribution in [2.75, 3.05) is 35.2 Å². The summed E-state index contributed by atoms with van der Waals surface area (Å²) >= 11 is 1.99. The number of anilines is 2. The monoisotopic (exact) mass is 249 g/mol. The van der Waals surface area contributed by atoms with Crippen LogP contribution in [0.4, 0.5) is 11.7 Å². The molecule has 90 valence electrons. The summed E-state index contributed by atoms with van der Waals surface area (Å²) in [6.45, 7) is 2.03. The Bertz CT molecular complexity index is 517. The molecule has 0 amide bonds. The fourth-order valence-corrected chi connectivity index (χ4v) is 2.89. The smallest absolute Gasteiger partial charge is 0.298 e. The fraction of sp³-hybridized carbons (Fsp3) is 0.417. The van der Waals surface area contributed by atoms with Crippen molar-refractivity contribution >= 4 is 34.6 Å². The first-order chi connectivity index (χ1) is 8.33. The molecule has 0 unspecified atom stereocenters. The molecule has 0 radical (unpaired) electrons. The van der Waals surface area contributed by atoms with E-state index in [9.17, 15) is 0 Å². The van der Waals surface area contributed by atoms with Crippen LogP contribution in [-0.4, -0.2) is 29.6 Å². The fourth-order valence-electron chi connectivity index (χ4n) is 2.00. The maximum atomic E-state index is 5.77. The van der Waals surface area contributed by atoms with Gasteiger partial charge in [-0.05, 0) is 24.3 Å². The summed E-state index contributed by atoms with van der Waals surface area (Å²) in [5, 5.41) is 0. The Balaban J connectivity index is 1.93. The Morgan fingerprint density at radius 3 is 3.18 bits per heavy atom. The summed E-state index contributed by atoms with van der Waals surface area (Å²) in [6, 6.07) is 6.32. The molecule has 4 nitrogen and oxygen atoms in total. The Morgan fingerprint density at radius 1 is 1.29 bits per heavy atom. The molecule has 3 rings (SSSR count). The molecule has 1 aromatic carbocycles. The van der Waals surface area contributed by atoms with Gasteiger partial charge in [0.1, 0.15) is 5.52 Å². The second-order valence-corrected chi connectivity index (χ2v) is 5.40. The van der Waals surface area contributed by atoms with Gasteiger partial charge >= 0.3 is 0 Å². The molecule has 0 atom stereocenters. The highest BCUT2D eigenvalue weighted by Crippen LogP contribution is 2.25. The van der Waals surface area contributed by atoms with Gasteiger partial charge in [-0.15, -0.1) is 0 Å². The lowest BCUT2D eigenvalue weighted by molar-refractivity contribution is 0.572. The first kappa shape index (κ1) is 10.8. The molecule has 17 heavy (non-hydrogen) atoms. The first-order valence-corrected chi connectivity index (χ1v) is 6.97. The van der Waals surface area contributed by atoms with Crippen LogP contribution in [0.15, 0.2) is 22.6 Å². The first-order valence-electron chi connectivity index (χ1n) is 5.82. The minimum atomic E-state index is 0.714. The van der Waals surface area contributed by atoms with Crippen LogP contribution >= 0.6 is 11.8 Å². The molecule has 1 aliphatic rings. The van der Waals surface area contributed by atoms with E-state index in [1.54, 1.807) is 0 Å². The number of nitrogens with zero attached hydrogens (tertiary/aromatic N) is 2. The number of nitrogen functional groups attached to an aromatic ring is 1. The third kappa shape index (κ3) is 2.20. The van der Waals surface area contributed by atoms with Crippen molar-refractivity contribution in [1.29, 1.82) is 0 Å². The lowest BCUT2D eigenvalue weighted by Crippen LogP contribution is -2.25. The number of oxazole rings is 1. The van der Waals surface area contributed by atoms with Gasteiger partial charge in [0.2, 0.25) is 0 Å². The van der Waals surface area contributed by atoms with Gasteiger partial charge in [-0.25, -0.2) is 0 Å². The SMILES string of the molecule is Nc1ccc2nc(N3CCCSCC3)oc2c1. The number of benzene rings is 1. The zero-order chi connectivity index (χ0) is 11.7. The normalized spacial score (nSPS) is 17.3. The predicted octanol–water partition coefficient (Wildman–Crippen LogP) is 2.35. The van der Waals surface area contributed by atoms with Crippen molar-refractivity contribution in [3.05, 3.63) is 18.2 Å². The zero-order valence-corrected chi connectivity index (χ0v) is 10.4. The van der Waals surface area contributed by atoms with E-state index >= 15 is 0 Å². The number of aromatic nitrogens is 1.